The molecule has 17 heavy (non-hydrogen) atoms. The highest BCUT2D eigenvalue weighted by Gasteiger charge is 2.20. The summed E-state index contributed by atoms with van der Waals surface area (Å²) in [6.07, 6.45) is 1.77. The Hall–Kier alpha value is -0.800. The van der Waals surface area contributed by atoms with Gasteiger partial charge in [-0.3, -0.25) is 0 Å². The molecule has 1 rings (SSSR count). The normalized spacial score (nSPS) is 12.4. The smallest absolute Gasteiger partial charge is 0.105 e. The maximum absolute atomic E-state index is 5.32. The summed E-state index contributed by atoms with van der Waals surface area (Å²) in [4.78, 5) is 2.36. The van der Waals surface area contributed by atoms with Gasteiger partial charge in [-0.25, -0.2) is 0 Å². The second-order valence-corrected chi connectivity index (χ2v) is 5.62. The number of nitrogens with zero attached hydrogens (tertiary/aromatic N) is 1. The summed E-state index contributed by atoms with van der Waals surface area (Å²) >= 11 is 0. The van der Waals surface area contributed by atoms with Gasteiger partial charge >= 0.3 is 0 Å². The van der Waals surface area contributed by atoms with Gasteiger partial charge in [0, 0.05) is 25.2 Å². The minimum absolute atomic E-state index is 0.294. The predicted molar refractivity (Wildman–Crippen MR) is 72.1 cm³/mol. The number of hydrogen-bond donors (Lipinski definition) is 1. The lowest BCUT2D eigenvalue weighted by Crippen LogP contribution is -2.38. The van der Waals surface area contributed by atoms with Gasteiger partial charge in [0.2, 0.25) is 0 Å². The van der Waals surface area contributed by atoms with Gasteiger partial charge < -0.3 is 14.6 Å². The summed E-state index contributed by atoms with van der Waals surface area (Å²) < 4.78 is 5.32. The summed E-state index contributed by atoms with van der Waals surface area (Å²) in [5, 5.41) is 3.42. The number of rotatable bonds is 7. The lowest BCUT2D eigenvalue weighted by atomic mass is 9.92. The van der Waals surface area contributed by atoms with Crippen molar-refractivity contribution in [2.24, 2.45) is 5.41 Å². The van der Waals surface area contributed by atoms with E-state index in [1.54, 1.807) is 6.26 Å². The second-order valence-electron chi connectivity index (χ2n) is 5.62. The molecule has 1 aromatic heterocycles. The Kier molecular flexibility index (Phi) is 5.22. The average Bonchev–Trinajstić information content (AvgIpc) is 2.61. The molecule has 0 amide bonds. The summed E-state index contributed by atoms with van der Waals surface area (Å²) in [6.45, 7) is 12.9. The molecule has 0 radical (unpaired) electrons. The van der Waals surface area contributed by atoms with Crippen LogP contribution in [0, 0.1) is 12.3 Å². The van der Waals surface area contributed by atoms with E-state index in [9.17, 15) is 0 Å². The maximum Gasteiger partial charge on any atom is 0.105 e. The van der Waals surface area contributed by atoms with Crippen LogP contribution in [0.5, 0.6) is 0 Å². The standard InChI is InChI=1S/C14H26N2O/c1-6-15-10-14(3,4)11-16(5)9-13-7-8-17-12(13)2/h7-8,15H,6,9-11H2,1-5H3. The highest BCUT2D eigenvalue weighted by atomic mass is 16.3. The molecule has 1 aromatic rings. The van der Waals surface area contributed by atoms with Gasteiger partial charge in [-0.2, -0.15) is 0 Å². The van der Waals surface area contributed by atoms with Gasteiger partial charge in [0.25, 0.3) is 0 Å². The van der Waals surface area contributed by atoms with Gasteiger partial charge in [-0.1, -0.05) is 20.8 Å². The zero-order valence-electron chi connectivity index (χ0n) is 11.8. The third-order valence-electron chi connectivity index (χ3n) is 2.96. The summed E-state index contributed by atoms with van der Waals surface area (Å²) in [5.74, 6) is 1.03. The minimum Gasteiger partial charge on any atom is -0.469 e. The van der Waals surface area contributed by atoms with E-state index in [-0.39, 0.29) is 0 Å². The Labute approximate surface area is 105 Å². The molecular formula is C14H26N2O. The average molecular weight is 238 g/mol. The Balaban J connectivity index is 2.43. The first-order valence-electron chi connectivity index (χ1n) is 6.37. The van der Waals surface area contributed by atoms with Crippen LogP contribution < -0.4 is 5.32 Å². The third-order valence-corrected chi connectivity index (χ3v) is 2.96. The first kappa shape index (κ1) is 14.3. The van der Waals surface area contributed by atoms with Crippen LogP contribution in [0.4, 0.5) is 0 Å². The molecular weight excluding hydrogens is 212 g/mol. The Morgan fingerprint density at radius 3 is 2.65 bits per heavy atom. The Morgan fingerprint density at radius 1 is 1.41 bits per heavy atom. The maximum atomic E-state index is 5.32. The summed E-state index contributed by atoms with van der Waals surface area (Å²) in [6, 6.07) is 2.06. The topological polar surface area (TPSA) is 28.4 Å². The largest absolute Gasteiger partial charge is 0.469 e. The molecule has 0 aliphatic rings. The van der Waals surface area contributed by atoms with Gasteiger partial charge in [0.15, 0.2) is 0 Å². The van der Waals surface area contributed by atoms with Crippen LogP contribution in [0.3, 0.4) is 0 Å². The SMILES string of the molecule is CCNCC(C)(C)CN(C)Cc1ccoc1C. The number of aryl methyl sites for hydroxylation is 1. The lowest BCUT2D eigenvalue weighted by Gasteiger charge is -2.30. The monoisotopic (exact) mass is 238 g/mol. The van der Waals surface area contributed by atoms with Crippen molar-refractivity contribution in [3.05, 3.63) is 23.7 Å². The molecule has 1 heterocycles. The quantitative estimate of drug-likeness (QED) is 0.791. The molecule has 0 aromatic carbocycles. The first-order chi connectivity index (χ1) is 7.94. The van der Waals surface area contributed by atoms with Gasteiger partial charge in [-0.15, -0.1) is 0 Å². The van der Waals surface area contributed by atoms with E-state index in [0.29, 0.717) is 5.41 Å². The van der Waals surface area contributed by atoms with Crippen LogP contribution in [0.2, 0.25) is 0 Å². The van der Waals surface area contributed by atoms with Crippen LogP contribution >= 0.6 is 0 Å². The minimum atomic E-state index is 0.294. The molecule has 0 saturated carbocycles. The zero-order chi connectivity index (χ0) is 12.9. The third kappa shape index (κ3) is 4.92. The van der Waals surface area contributed by atoms with E-state index in [0.717, 1.165) is 31.9 Å². The van der Waals surface area contributed by atoms with Crippen molar-refractivity contribution in [3.8, 4) is 0 Å². The highest BCUT2D eigenvalue weighted by molar-refractivity contribution is 5.15. The molecule has 0 spiro atoms. The van der Waals surface area contributed by atoms with Crippen molar-refractivity contribution >= 4 is 0 Å². The van der Waals surface area contributed by atoms with Crippen LogP contribution in [-0.2, 0) is 6.54 Å². The van der Waals surface area contributed by atoms with Gasteiger partial charge in [-0.05, 0) is 32.0 Å². The van der Waals surface area contributed by atoms with Crippen molar-refractivity contribution in [1.29, 1.82) is 0 Å². The molecule has 0 aliphatic carbocycles. The lowest BCUT2D eigenvalue weighted by molar-refractivity contribution is 0.198. The Bertz CT molecular complexity index is 331. The van der Waals surface area contributed by atoms with E-state index < -0.39 is 0 Å². The van der Waals surface area contributed by atoms with Crippen molar-refractivity contribution in [2.75, 3.05) is 26.7 Å². The molecule has 98 valence electrons. The van der Waals surface area contributed by atoms with E-state index >= 15 is 0 Å². The van der Waals surface area contributed by atoms with Crippen LogP contribution in [0.1, 0.15) is 32.1 Å². The Morgan fingerprint density at radius 2 is 2.12 bits per heavy atom. The van der Waals surface area contributed by atoms with Crippen LogP contribution in [0.15, 0.2) is 16.7 Å². The van der Waals surface area contributed by atoms with Crippen molar-refractivity contribution in [3.63, 3.8) is 0 Å². The fourth-order valence-electron chi connectivity index (χ4n) is 2.17. The first-order valence-corrected chi connectivity index (χ1v) is 6.37. The molecule has 0 atom stereocenters. The van der Waals surface area contributed by atoms with Crippen molar-refractivity contribution in [1.82, 2.24) is 10.2 Å². The fraction of sp³-hybridized carbons (Fsp3) is 0.714. The van der Waals surface area contributed by atoms with Crippen molar-refractivity contribution in [2.45, 2.75) is 34.2 Å². The number of furan rings is 1. The number of hydrogen-bond acceptors (Lipinski definition) is 3. The number of nitrogens with one attached hydrogen (secondary N) is 1. The van der Waals surface area contributed by atoms with Gasteiger partial charge in [0.05, 0.1) is 6.26 Å². The zero-order valence-corrected chi connectivity index (χ0v) is 11.8. The predicted octanol–water partition coefficient (Wildman–Crippen LogP) is 2.66. The second kappa shape index (κ2) is 6.22. The van der Waals surface area contributed by atoms with Crippen LogP contribution in [-0.4, -0.2) is 31.6 Å². The molecule has 1 N–H and O–H groups in total. The fourth-order valence-corrected chi connectivity index (χ4v) is 2.17. The van der Waals surface area contributed by atoms with E-state index in [4.69, 9.17) is 4.42 Å². The molecule has 0 unspecified atom stereocenters. The molecule has 0 saturated heterocycles. The molecule has 3 heteroatoms. The highest BCUT2D eigenvalue weighted by Crippen LogP contribution is 2.18. The molecule has 0 bridgehead atoms. The van der Waals surface area contributed by atoms with Gasteiger partial charge in [0.1, 0.15) is 5.76 Å². The van der Waals surface area contributed by atoms with E-state index in [1.165, 1.54) is 5.56 Å². The van der Waals surface area contributed by atoms with E-state index in [2.05, 4.69) is 44.1 Å². The molecule has 0 aliphatic heterocycles. The molecule has 0 fully saturated rings. The van der Waals surface area contributed by atoms with E-state index in [1.807, 2.05) is 6.92 Å². The van der Waals surface area contributed by atoms with Crippen LogP contribution in [0.25, 0.3) is 0 Å². The summed E-state index contributed by atoms with van der Waals surface area (Å²) in [5.41, 5.74) is 1.58. The van der Waals surface area contributed by atoms with Crippen molar-refractivity contribution < 1.29 is 4.42 Å². The summed E-state index contributed by atoms with van der Waals surface area (Å²) in [7, 11) is 2.17. The molecule has 3 nitrogen and oxygen atoms in total.